The zero-order chi connectivity index (χ0) is 34.2. The van der Waals surface area contributed by atoms with E-state index < -0.39 is 96.4 Å². The topological polar surface area (TPSA) is 201 Å². The molecule has 19 heteroatoms. The average molecular weight is 700 g/mol. The monoisotopic (exact) mass is 698 g/mol. The van der Waals surface area contributed by atoms with Gasteiger partial charge in [-0.2, -0.15) is 4.68 Å². The second-order valence-electron chi connectivity index (χ2n) is 10.4. The van der Waals surface area contributed by atoms with Gasteiger partial charge in [0.2, 0.25) is 17.8 Å². The Balaban J connectivity index is 2.05. The van der Waals surface area contributed by atoms with E-state index in [0.29, 0.717) is 12.3 Å². The maximum atomic E-state index is 12.3. The van der Waals surface area contributed by atoms with Crippen LogP contribution in [-0.4, -0.2) is 113 Å². The molecule has 2 saturated heterocycles. The van der Waals surface area contributed by atoms with Gasteiger partial charge in [-0.3, -0.25) is 24.0 Å². The minimum atomic E-state index is -2.12. The molecule has 258 valence electrons. The number of nitrogens with one attached hydrogen (secondary N) is 1. The van der Waals surface area contributed by atoms with Crippen LogP contribution in [0.3, 0.4) is 0 Å². The number of carbonyl (C=O) groups excluding carboxylic acids is 5. The number of rotatable bonds is 14. The third-order valence-electron chi connectivity index (χ3n) is 6.63. The molecule has 2 aliphatic rings. The lowest BCUT2D eigenvalue weighted by molar-refractivity contribution is -0.760. The summed E-state index contributed by atoms with van der Waals surface area (Å²) in [5, 5.41) is 5.75. The molecule has 0 bridgehead atoms. The molecule has 0 radical (unpaired) electrons. The van der Waals surface area contributed by atoms with E-state index in [-0.39, 0.29) is 13.2 Å². The number of halogens is 2. The van der Waals surface area contributed by atoms with Crippen molar-refractivity contribution in [3.63, 3.8) is 0 Å². The molecule has 2 aliphatic heterocycles. The van der Waals surface area contributed by atoms with Crippen LogP contribution in [0.1, 0.15) is 47.2 Å². The average Bonchev–Trinajstić information content (AvgIpc) is 3.51. The highest BCUT2D eigenvalue weighted by molar-refractivity contribution is 6.21. The van der Waals surface area contributed by atoms with Crippen LogP contribution in [0.25, 0.3) is 0 Å². The van der Waals surface area contributed by atoms with Gasteiger partial charge in [0.1, 0.15) is 37.3 Å². The van der Waals surface area contributed by atoms with Crippen molar-refractivity contribution < 1.29 is 71.3 Å². The number of aromatic nitrogens is 3. The van der Waals surface area contributed by atoms with E-state index in [0.717, 1.165) is 34.6 Å². The fourth-order valence-corrected chi connectivity index (χ4v) is 5.54. The molecule has 3 heterocycles. The van der Waals surface area contributed by atoms with Crippen molar-refractivity contribution >= 4 is 53.0 Å². The molecule has 1 aromatic rings. The van der Waals surface area contributed by atoms with Gasteiger partial charge < -0.3 is 42.6 Å². The number of alkyl halides is 2. The van der Waals surface area contributed by atoms with E-state index in [2.05, 4.69) is 10.3 Å². The third-order valence-corrected chi connectivity index (χ3v) is 7.53. The zero-order valence-electron chi connectivity index (χ0n) is 26.1. The van der Waals surface area contributed by atoms with Crippen molar-refractivity contribution in [2.75, 3.05) is 19.1 Å². The van der Waals surface area contributed by atoms with Gasteiger partial charge in [0.05, 0.1) is 5.88 Å². The first-order valence-electron chi connectivity index (χ1n) is 14.2. The molecule has 1 unspecified atom stereocenters. The summed E-state index contributed by atoms with van der Waals surface area (Å²) in [6, 6.07) is 0. The molecule has 0 aromatic carbocycles. The molecule has 17 nitrogen and oxygen atoms in total. The maximum Gasteiger partial charge on any atom is 0.303 e. The molecule has 0 amide bonds. The second kappa shape index (κ2) is 16.6. The van der Waals surface area contributed by atoms with E-state index in [4.69, 9.17) is 65.8 Å². The Morgan fingerprint density at radius 3 is 2.09 bits per heavy atom. The van der Waals surface area contributed by atoms with Crippen LogP contribution in [-0.2, 0) is 79.8 Å². The van der Waals surface area contributed by atoms with Crippen LogP contribution in [0.15, 0.2) is 6.20 Å². The molecular formula is C27H38Cl2N3O14+. The van der Waals surface area contributed by atoms with Crippen LogP contribution in [0.4, 0.5) is 0 Å². The highest BCUT2D eigenvalue weighted by Crippen LogP contribution is 2.42. The fraction of sp³-hybridized carbons (Fsp3) is 0.741. The van der Waals surface area contributed by atoms with E-state index in [1.807, 2.05) is 6.92 Å². The van der Waals surface area contributed by atoms with Crippen LogP contribution in [0, 0.1) is 0 Å². The number of esters is 5. The first kappa shape index (κ1) is 37.4. The molecule has 2 fully saturated rings. The molecule has 0 spiro atoms. The lowest BCUT2D eigenvalue weighted by atomic mass is 10.0. The molecule has 1 N–H and O–H groups in total. The third kappa shape index (κ3) is 9.71. The number of aromatic amines is 1. The number of nitrogens with zero attached hydrogens (tertiary/aromatic N) is 2. The summed E-state index contributed by atoms with van der Waals surface area (Å²) in [5.41, 5.74) is 0.561. The first-order valence-corrected chi connectivity index (χ1v) is 15.2. The van der Waals surface area contributed by atoms with Gasteiger partial charge in [-0.1, -0.05) is 5.21 Å². The first-order chi connectivity index (χ1) is 21.7. The summed E-state index contributed by atoms with van der Waals surface area (Å²) >= 11 is 13.1. The molecule has 3 rings (SSSR count). The van der Waals surface area contributed by atoms with Crippen molar-refractivity contribution in [2.45, 2.75) is 109 Å². The SMILES string of the molecule is CCOCc1c[n+](CC2O[C@@](CCl)(O[C@H]3O[C@H](COC(C)=O)[C@H](Cl)[C@H](OC(C)=O)[C@H]3OC(C)=O)[C@@H](OC(C)=O)[C@@H]2OC(C)=O)[nH]n1. The summed E-state index contributed by atoms with van der Waals surface area (Å²) < 4.78 is 52.6. The van der Waals surface area contributed by atoms with Gasteiger partial charge in [-0.25, -0.2) is 0 Å². The Morgan fingerprint density at radius 1 is 0.913 bits per heavy atom. The number of carbonyl (C=O) groups is 5. The molecule has 9 atom stereocenters. The standard InChI is InChI=1S/C27H37Cl2N3O14/c1-7-38-10-18-8-32(31-30-18)9-19-22(40-14(3)34)25(43-17(6)37)27(12-28,45-19)46-26-24(42-16(5)36)23(41-15(4)35)21(29)20(44-26)11-39-13(2)33/h8,19-26H,7,9-12H2,1-6H3/p+1/t19?,20-,21+,22-,23+,24-,25+,26-,27+/m1/s1. The van der Waals surface area contributed by atoms with Crippen LogP contribution >= 0.6 is 23.2 Å². The van der Waals surface area contributed by atoms with Crippen LogP contribution < -0.4 is 4.68 Å². The number of ether oxygens (including phenoxy) is 9. The lowest BCUT2D eigenvalue weighted by Crippen LogP contribution is -2.63. The predicted molar refractivity (Wildman–Crippen MR) is 151 cm³/mol. The van der Waals surface area contributed by atoms with Gasteiger partial charge in [0.15, 0.2) is 30.6 Å². The number of hydrogen-bond donors (Lipinski definition) is 1. The Morgan fingerprint density at radius 2 is 1.52 bits per heavy atom. The maximum absolute atomic E-state index is 12.3. The normalized spacial score (nSPS) is 30.7. The predicted octanol–water partition coefficient (Wildman–Crippen LogP) is 0.206. The van der Waals surface area contributed by atoms with Gasteiger partial charge in [0, 0.05) is 46.3 Å². The van der Waals surface area contributed by atoms with Gasteiger partial charge in [0.25, 0.3) is 0 Å². The molecule has 46 heavy (non-hydrogen) atoms. The van der Waals surface area contributed by atoms with Crippen molar-refractivity contribution in [2.24, 2.45) is 0 Å². The zero-order valence-corrected chi connectivity index (χ0v) is 27.6. The molecule has 0 saturated carbocycles. The van der Waals surface area contributed by atoms with Crippen molar-refractivity contribution in [1.82, 2.24) is 10.3 Å². The van der Waals surface area contributed by atoms with Gasteiger partial charge in [-0.05, 0) is 6.92 Å². The van der Waals surface area contributed by atoms with E-state index >= 15 is 0 Å². The Labute approximate surface area is 274 Å². The molecule has 0 aliphatic carbocycles. The Hall–Kier alpha value is -3.09. The summed E-state index contributed by atoms with van der Waals surface area (Å²) in [6.07, 6.45) is -7.97. The highest BCUT2D eigenvalue weighted by atomic mass is 35.5. The molecular weight excluding hydrogens is 661 g/mol. The quantitative estimate of drug-likeness (QED) is 0.119. The number of hydrogen-bond acceptors (Lipinski definition) is 15. The van der Waals surface area contributed by atoms with Crippen molar-refractivity contribution in [3.05, 3.63) is 11.9 Å². The summed E-state index contributed by atoms with van der Waals surface area (Å²) in [5.74, 6) is -6.47. The lowest BCUT2D eigenvalue weighted by Gasteiger charge is -2.45. The van der Waals surface area contributed by atoms with E-state index in [1.54, 1.807) is 6.20 Å². The van der Waals surface area contributed by atoms with E-state index in [1.165, 1.54) is 4.68 Å². The van der Waals surface area contributed by atoms with Gasteiger partial charge >= 0.3 is 29.8 Å². The van der Waals surface area contributed by atoms with Gasteiger partial charge in [-0.15, -0.1) is 23.2 Å². The highest BCUT2D eigenvalue weighted by Gasteiger charge is 2.63. The van der Waals surface area contributed by atoms with Crippen molar-refractivity contribution in [3.8, 4) is 0 Å². The smallest absolute Gasteiger partial charge is 0.303 e. The number of H-pyrrole nitrogens is 1. The van der Waals surface area contributed by atoms with Crippen LogP contribution in [0.2, 0.25) is 0 Å². The fourth-order valence-electron chi connectivity index (χ4n) is 4.94. The summed E-state index contributed by atoms with van der Waals surface area (Å²) in [4.78, 5) is 60.4. The Bertz CT molecular complexity index is 1250. The Kier molecular flexibility index (Phi) is 13.5. The molecule has 1 aromatic heterocycles. The van der Waals surface area contributed by atoms with Crippen LogP contribution in [0.5, 0.6) is 0 Å². The minimum Gasteiger partial charge on any atom is -0.463 e. The minimum absolute atomic E-state index is 0.0371. The summed E-state index contributed by atoms with van der Waals surface area (Å²) in [6.45, 7) is 7.71. The largest absolute Gasteiger partial charge is 0.463 e. The second-order valence-corrected chi connectivity index (χ2v) is 11.2. The van der Waals surface area contributed by atoms with Crippen molar-refractivity contribution in [1.29, 1.82) is 0 Å². The van der Waals surface area contributed by atoms with E-state index in [9.17, 15) is 24.0 Å². The summed E-state index contributed by atoms with van der Waals surface area (Å²) in [7, 11) is 0.